The van der Waals surface area contributed by atoms with E-state index >= 15 is 0 Å². The zero-order valence-corrected chi connectivity index (χ0v) is 46.6. The van der Waals surface area contributed by atoms with Crippen molar-refractivity contribution in [1.29, 1.82) is 0 Å². The highest BCUT2D eigenvalue weighted by molar-refractivity contribution is 5.87. The van der Waals surface area contributed by atoms with Crippen LogP contribution in [0.4, 0.5) is 0 Å². The van der Waals surface area contributed by atoms with Gasteiger partial charge in [-0.2, -0.15) is 0 Å². The smallest absolute Gasteiger partial charge is 0.326 e. The Balaban J connectivity index is 4.00. The van der Waals surface area contributed by atoms with Crippen LogP contribution in [0.1, 0.15) is 194 Å². The van der Waals surface area contributed by atoms with E-state index in [1.54, 1.807) is 0 Å². The summed E-state index contributed by atoms with van der Waals surface area (Å²) in [6, 6.07) is -2.52. The van der Waals surface area contributed by atoms with Crippen LogP contribution in [-0.4, -0.2) is 163 Å². The van der Waals surface area contributed by atoms with Crippen molar-refractivity contribution in [2.45, 2.75) is 206 Å². The van der Waals surface area contributed by atoms with Gasteiger partial charge < -0.3 is 60.6 Å². The predicted molar refractivity (Wildman–Crippen MR) is 286 cm³/mol. The molecular formula is C55H94N4O19. The average Bonchev–Trinajstić information content (AvgIpc) is 3.39. The first kappa shape index (κ1) is 72.6. The zero-order chi connectivity index (χ0) is 58.2. The lowest BCUT2D eigenvalue weighted by Crippen LogP contribution is -2.42. The lowest BCUT2D eigenvalue weighted by molar-refractivity contribution is -0.145. The van der Waals surface area contributed by atoms with Crippen molar-refractivity contribution in [3.05, 3.63) is 0 Å². The topological polar surface area (TPSA) is 354 Å². The Morgan fingerprint density at radius 1 is 0.385 bits per heavy atom. The van der Waals surface area contributed by atoms with Crippen molar-refractivity contribution in [1.82, 2.24) is 21.3 Å². The van der Waals surface area contributed by atoms with E-state index < -0.39 is 72.5 Å². The maximum absolute atomic E-state index is 12.5. The molecule has 4 amide bonds. The first-order valence-electron chi connectivity index (χ1n) is 28.3. The molecule has 0 radical (unpaired) electrons. The largest absolute Gasteiger partial charge is 0.481 e. The highest BCUT2D eigenvalue weighted by Gasteiger charge is 2.26. The Morgan fingerprint density at radius 3 is 1.44 bits per heavy atom. The quantitative estimate of drug-likeness (QED) is 0.0349. The summed E-state index contributed by atoms with van der Waals surface area (Å²) in [6.07, 6.45) is 15.3. The van der Waals surface area contributed by atoms with Crippen LogP contribution >= 0.6 is 0 Å². The summed E-state index contributed by atoms with van der Waals surface area (Å²) in [6.45, 7) is 4.47. The fourth-order valence-electron chi connectivity index (χ4n) is 8.22. The molecule has 448 valence electrons. The standard InChI is InChI=1S/C55H94N4O19/c1-3-41(47(62)4-2)20-17-18-30-56-48(63)29-27-46(55(73)74)59-50(65)28-24-42(53(69)70)38-44(61)39-77-36-35-76-33-31-57-51(66)40-78-37-34-75-32-19-21-43(60)25-26-45(54(71)72)58-49(64)22-15-13-11-9-7-5-6-8-10-12-14-16-23-52(67)68/h41-42,45-46H,3-40H2,1-2H3,(H,56,63)(H,57,66)(H,58,64)(H,59,65)(H,67,68)(H,69,70)(H,71,72)(H,73,74)/t41-,42?,45-,46-/m0/s1. The summed E-state index contributed by atoms with van der Waals surface area (Å²) in [5, 5.41) is 47.6. The normalized spacial score (nSPS) is 12.6. The van der Waals surface area contributed by atoms with Gasteiger partial charge in [-0.15, -0.1) is 0 Å². The number of carboxylic acids is 4. The molecule has 0 bridgehead atoms. The number of rotatable bonds is 56. The van der Waals surface area contributed by atoms with E-state index in [1.165, 1.54) is 6.42 Å². The van der Waals surface area contributed by atoms with E-state index in [0.29, 0.717) is 32.2 Å². The number of carbonyl (C=O) groups is 11. The molecule has 8 N–H and O–H groups in total. The zero-order valence-electron chi connectivity index (χ0n) is 46.6. The Bertz CT molecular complexity index is 1760. The molecule has 0 rings (SSSR count). The Hall–Kier alpha value is -5.39. The molecule has 23 heteroatoms. The number of hydrogen-bond donors (Lipinski definition) is 8. The second-order valence-corrected chi connectivity index (χ2v) is 19.5. The predicted octanol–water partition coefficient (Wildman–Crippen LogP) is 5.50. The maximum atomic E-state index is 12.5. The highest BCUT2D eigenvalue weighted by Crippen LogP contribution is 2.17. The molecule has 23 nitrogen and oxygen atoms in total. The third-order valence-electron chi connectivity index (χ3n) is 12.9. The summed E-state index contributed by atoms with van der Waals surface area (Å²) < 4.78 is 21.4. The molecule has 0 aromatic rings. The van der Waals surface area contributed by atoms with Gasteiger partial charge in [0.2, 0.25) is 23.6 Å². The van der Waals surface area contributed by atoms with Crippen LogP contribution < -0.4 is 21.3 Å². The van der Waals surface area contributed by atoms with Crippen LogP contribution in [0.3, 0.4) is 0 Å². The molecule has 0 aliphatic carbocycles. The van der Waals surface area contributed by atoms with Gasteiger partial charge in [-0.3, -0.25) is 43.2 Å². The first-order valence-corrected chi connectivity index (χ1v) is 28.3. The van der Waals surface area contributed by atoms with E-state index in [4.69, 9.17) is 24.1 Å². The molecule has 0 aliphatic rings. The van der Waals surface area contributed by atoms with Crippen molar-refractivity contribution >= 4 is 64.9 Å². The van der Waals surface area contributed by atoms with Crippen molar-refractivity contribution in [2.75, 3.05) is 65.9 Å². The van der Waals surface area contributed by atoms with Crippen molar-refractivity contribution in [3.8, 4) is 0 Å². The molecule has 0 heterocycles. The first-order chi connectivity index (χ1) is 37.4. The average molecular weight is 1120 g/mol. The van der Waals surface area contributed by atoms with Gasteiger partial charge in [0, 0.05) is 77.0 Å². The molecule has 0 saturated heterocycles. The number of Topliss-reactive ketones (excluding diaryl/α,β-unsaturated/α-hetero) is 3. The van der Waals surface area contributed by atoms with Crippen molar-refractivity contribution < 1.29 is 92.1 Å². The molecule has 0 aromatic heterocycles. The van der Waals surface area contributed by atoms with Crippen LogP contribution in [0.5, 0.6) is 0 Å². The number of ketones is 3. The van der Waals surface area contributed by atoms with E-state index in [-0.39, 0.29) is 140 Å². The number of hydrogen-bond acceptors (Lipinski definition) is 15. The third-order valence-corrected chi connectivity index (χ3v) is 12.9. The minimum absolute atomic E-state index is 0.00360. The summed E-state index contributed by atoms with van der Waals surface area (Å²) in [5.41, 5.74) is 0. The number of carboxylic acid groups (broad SMARTS) is 4. The van der Waals surface area contributed by atoms with Crippen LogP contribution in [0.25, 0.3) is 0 Å². The monoisotopic (exact) mass is 1110 g/mol. The number of ether oxygens (including phenoxy) is 4. The Kier molecular flexibility index (Phi) is 45.3. The van der Waals surface area contributed by atoms with Gasteiger partial charge in [0.25, 0.3) is 0 Å². The van der Waals surface area contributed by atoms with Crippen LogP contribution in [0, 0.1) is 11.8 Å². The number of amides is 4. The summed E-state index contributed by atoms with van der Waals surface area (Å²) in [5.74, 6) is -8.12. The molecule has 0 spiro atoms. The number of aliphatic carboxylic acids is 4. The van der Waals surface area contributed by atoms with Gasteiger partial charge in [-0.05, 0) is 57.8 Å². The minimum Gasteiger partial charge on any atom is -0.481 e. The van der Waals surface area contributed by atoms with Gasteiger partial charge in [0.05, 0.1) is 39.0 Å². The second-order valence-electron chi connectivity index (χ2n) is 19.5. The molecule has 0 aliphatic heterocycles. The highest BCUT2D eigenvalue weighted by atomic mass is 16.5. The van der Waals surface area contributed by atoms with Gasteiger partial charge >= 0.3 is 23.9 Å². The molecule has 0 fully saturated rings. The molecule has 0 saturated carbocycles. The minimum atomic E-state index is -1.38. The fourth-order valence-corrected chi connectivity index (χ4v) is 8.22. The van der Waals surface area contributed by atoms with Crippen molar-refractivity contribution in [2.24, 2.45) is 11.8 Å². The maximum Gasteiger partial charge on any atom is 0.326 e. The summed E-state index contributed by atoms with van der Waals surface area (Å²) in [4.78, 5) is 132. The van der Waals surface area contributed by atoms with Crippen molar-refractivity contribution in [3.63, 3.8) is 0 Å². The van der Waals surface area contributed by atoms with Gasteiger partial charge in [0.1, 0.15) is 36.9 Å². The Labute approximate surface area is 460 Å². The van der Waals surface area contributed by atoms with Crippen LogP contribution in [0.15, 0.2) is 0 Å². The van der Waals surface area contributed by atoms with E-state index in [9.17, 15) is 68.1 Å². The third kappa shape index (κ3) is 43.6. The van der Waals surface area contributed by atoms with Crippen LogP contribution in [-0.2, 0) is 71.7 Å². The van der Waals surface area contributed by atoms with Crippen LogP contribution in [0.2, 0.25) is 0 Å². The summed E-state index contributed by atoms with van der Waals surface area (Å²) >= 11 is 0. The number of nitrogens with one attached hydrogen (secondary N) is 4. The number of unbranched alkanes of at least 4 members (excludes halogenated alkanes) is 12. The molecule has 0 aromatic carbocycles. The SMILES string of the molecule is CCC(=O)[C@@H](CC)CCCCNC(=O)CC[C@H](NC(=O)CCC(CC(=O)COCCOCCNC(=O)COCCOCCCC(=O)CC[C@H](NC(=O)CCCCCCCCCCCCCCC(=O)O)C(=O)O)C(=O)O)C(=O)O. The van der Waals surface area contributed by atoms with E-state index in [1.807, 2.05) is 13.8 Å². The lowest BCUT2D eigenvalue weighted by atomic mass is 9.93. The number of carbonyl (C=O) groups excluding carboxylic acids is 7. The molecular weight excluding hydrogens is 1020 g/mol. The Morgan fingerprint density at radius 2 is 0.885 bits per heavy atom. The molecule has 78 heavy (non-hydrogen) atoms. The molecule has 1 unspecified atom stereocenters. The summed E-state index contributed by atoms with van der Waals surface area (Å²) in [7, 11) is 0. The van der Waals surface area contributed by atoms with Gasteiger partial charge in [-0.25, -0.2) is 9.59 Å². The van der Waals surface area contributed by atoms with Gasteiger partial charge in [0.15, 0.2) is 5.78 Å². The second kappa shape index (κ2) is 48.7. The van der Waals surface area contributed by atoms with E-state index in [0.717, 1.165) is 83.5 Å². The fraction of sp³-hybridized carbons (Fsp3) is 0.800. The van der Waals surface area contributed by atoms with E-state index in [2.05, 4.69) is 21.3 Å². The van der Waals surface area contributed by atoms with Gasteiger partial charge in [-0.1, -0.05) is 84.5 Å². The molecule has 4 atom stereocenters. The lowest BCUT2D eigenvalue weighted by Gasteiger charge is -2.16.